The van der Waals surface area contributed by atoms with Gasteiger partial charge >= 0.3 is 12.1 Å². The molecule has 0 radical (unpaired) electrons. The Kier molecular flexibility index (Phi) is 5.79. The molecule has 0 unspecified atom stereocenters. The molecule has 1 aromatic rings. The number of hydrogen-bond acceptors (Lipinski definition) is 4. The highest BCUT2D eigenvalue weighted by molar-refractivity contribution is 5.80. The van der Waals surface area contributed by atoms with E-state index in [1.807, 2.05) is 0 Å². The standard InChI is InChI=1S/C16H23NO5/c1-5-17(15(21)22-16(2,3)4)13(14(19)20)10-11-6-8-12(18)9-7-11/h6-9,13,18H,5,10H2,1-4H3,(H,19,20)/t13-/m0/s1. The van der Waals surface area contributed by atoms with E-state index in [-0.39, 0.29) is 18.7 Å². The number of rotatable bonds is 5. The number of hydrogen-bond donors (Lipinski definition) is 2. The van der Waals surface area contributed by atoms with E-state index < -0.39 is 23.7 Å². The highest BCUT2D eigenvalue weighted by atomic mass is 16.6. The molecule has 0 aliphatic carbocycles. The summed E-state index contributed by atoms with van der Waals surface area (Å²) in [4.78, 5) is 24.9. The predicted molar refractivity (Wildman–Crippen MR) is 81.8 cm³/mol. The number of carboxylic acid groups (broad SMARTS) is 1. The van der Waals surface area contributed by atoms with Crippen molar-refractivity contribution >= 4 is 12.1 Å². The fourth-order valence-electron chi connectivity index (χ4n) is 1.98. The minimum Gasteiger partial charge on any atom is -0.508 e. The van der Waals surface area contributed by atoms with Crippen LogP contribution in [0.3, 0.4) is 0 Å². The molecule has 2 N–H and O–H groups in total. The molecule has 0 saturated carbocycles. The summed E-state index contributed by atoms with van der Waals surface area (Å²) in [6.45, 7) is 7.12. The van der Waals surface area contributed by atoms with Gasteiger partial charge < -0.3 is 14.9 Å². The number of nitrogens with zero attached hydrogens (tertiary/aromatic N) is 1. The number of aliphatic carboxylic acids is 1. The lowest BCUT2D eigenvalue weighted by Crippen LogP contribution is -2.48. The van der Waals surface area contributed by atoms with Crippen LogP contribution in [0.5, 0.6) is 5.75 Å². The number of phenols is 1. The zero-order valence-corrected chi connectivity index (χ0v) is 13.4. The molecule has 0 aromatic heterocycles. The molecule has 0 saturated heterocycles. The third-order valence-electron chi connectivity index (χ3n) is 3.00. The Labute approximate surface area is 130 Å². The Morgan fingerprint density at radius 2 is 1.77 bits per heavy atom. The second-order valence-corrected chi connectivity index (χ2v) is 5.99. The molecule has 122 valence electrons. The lowest BCUT2D eigenvalue weighted by molar-refractivity contribution is -0.143. The number of benzene rings is 1. The normalized spacial score (nSPS) is 12.5. The highest BCUT2D eigenvalue weighted by Gasteiger charge is 2.31. The topological polar surface area (TPSA) is 87.1 Å². The predicted octanol–water partition coefficient (Wildman–Crippen LogP) is 2.64. The number of phenolic OH excluding ortho intramolecular Hbond substituents is 1. The van der Waals surface area contributed by atoms with Crippen LogP contribution in [0.2, 0.25) is 0 Å². The van der Waals surface area contributed by atoms with E-state index in [9.17, 15) is 19.8 Å². The van der Waals surface area contributed by atoms with Gasteiger partial charge in [0.25, 0.3) is 0 Å². The first kappa shape index (κ1) is 17.8. The van der Waals surface area contributed by atoms with Crippen molar-refractivity contribution < 1.29 is 24.5 Å². The van der Waals surface area contributed by atoms with Gasteiger partial charge in [-0.3, -0.25) is 4.90 Å². The molecule has 1 aromatic carbocycles. The lowest BCUT2D eigenvalue weighted by Gasteiger charge is -2.30. The molecule has 1 rings (SSSR count). The maximum absolute atomic E-state index is 12.2. The zero-order chi connectivity index (χ0) is 16.9. The maximum atomic E-state index is 12.2. The number of likely N-dealkylation sites (N-methyl/N-ethyl adjacent to an activating group) is 1. The first-order chi connectivity index (χ1) is 10.1. The molecular weight excluding hydrogens is 286 g/mol. The summed E-state index contributed by atoms with van der Waals surface area (Å²) in [6.07, 6.45) is -0.510. The van der Waals surface area contributed by atoms with E-state index in [1.54, 1.807) is 39.8 Å². The molecular formula is C16H23NO5. The van der Waals surface area contributed by atoms with Gasteiger partial charge in [0.1, 0.15) is 17.4 Å². The zero-order valence-electron chi connectivity index (χ0n) is 13.4. The van der Waals surface area contributed by atoms with E-state index in [0.29, 0.717) is 5.56 Å². The van der Waals surface area contributed by atoms with Crippen LogP contribution in [0.25, 0.3) is 0 Å². The van der Waals surface area contributed by atoms with Crippen LogP contribution in [-0.2, 0) is 16.0 Å². The lowest BCUT2D eigenvalue weighted by atomic mass is 10.0. The molecule has 6 nitrogen and oxygen atoms in total. The quantitative estimate of drug-likeness (QED) is 0.873. The SMILES string of the molecule is CCN(C(=O)OC(C)(C)C)[C@@H](Cc1ccc(O)cc1)C(=O)O. The van der Waals surface area contributed by atoms with Crippen LogP contribution in [0, 0.1) is 0 Å². The monoisotopic (exact) mass is 309 g/mol. The summed E-state index contributed by atoms with van der Waals surface area (Å²) in [7, 11) is 0. The molecule has 0 spiro atoms. The summed E-state index contributed by atoms with van der Waals surface area (Å²) in [5.74, 6) is -0.990. The van der Waals surface area contributed by atoms with Crippen molar-refractivity contribution in [2.45, 2.75) is 45.8 Å². The van der Waals surface area contributed by atoms with Crippen molar-refractivity contribution in [2.75, 3.05) is 6.54 Å². The second-order valence-electron chi connectivity index (χ2n) is 5.99. The van der Waals surface area contributed by atoms with Gasteiger partial charge in [0.05, 0.1) is 0 Å². The van der Waals surface area contributed by atoms with Crippen molar-refractivity contribution in [3.05, 3.63) is 29.8 Å². The summed E-state index contributed by atoms with van der Waals surface area (Å²) >= 11 is 0. The van der Waals surface area contributed by atoms with E-state index in [1.165, 1.54) is 17.0 Å². The number of carbonyl (C=O) groups excluding carboxylic acids is 1. The molecule has 1 atom stereocenters. The van der Waals surface area contributed by atoms with E-state index in [2.05, 4.69) is 0 Å². The third kappa shape index (κ3) is 5.27. The minimum atomic E-state index is -1.10. The molecule has 1 amide bonds. The fraction of sp³-hybridized carbons (Fsp3) is 0.500. The first-order valence-electron chi connectivity index (χ1n) is 7.14. The van der Waals surface area contributed by atoms with Crippen molar-refractivity contribution in [1.82, 2.24) is 4.90 Å². The summed E-state index contributed by atoms with van der Waals surface area (Å²) < 4.78 is 5.26. The van der Waals surface area contributed by atoms with Crippen molar-refractivity contribution in [3.8, 4) is 5.75 Å². The fourth-order valence-corrected chi connectivity index (χ4v) is 1.98. The van der Waals surface area contributed by atoms with E-state index in [0.717, 1.165) is 0 Å². The number of aromatic hydroxyl groups is 1. The molecule has 0 heterocycles. The molecule has 22 heavy (non-hydrogen) atoms. The van der Waals surface area contributed by atoms with Crippen LogP contribution in [-0.4, -0.2) is 45.4 Å². The van der Waals surface area contributed by atoms with Crippen molar-refractivity contribution in [2.24, 2.45) is 0 Å². The van der Waals surface area contributed by atoms with Gasteiger partial charge in [-0.25, -0.2) is 9.59 Å². The Hall–Kier alpha value is -2.24. The average molecular weight is 309 g/mol. The molecule has 0 aliphatic heterocycles. The van der Waals surface area contributed by atoms with Crippen molar-refractivity contribution in [1.29, 1.82) is 0 Å². The molecule has 0 fully saturated rings. The van der Waals surface area contributed by atoms with Gasteiger partial charge in [0.2, 0.25) is 0 Å². The van der Waals surface area contributed by atoms with Gasteiger partial charge in [-0.05, 0) is 45.4 Å². The Balaban J connectivity index is 2.93. The summed E-state index contributed by atoms with van der Waals surface area (Å²) in [6, 6.07) is 5.21. The van der Waals surface area contributed by atoms with Gasteiger partial charge in [-0.15, -0.1) is 0 Å². The van der Waals surface area contributed by atoms with Crippen LogP contribution < -0.4 is 0 Å². The number of amides is 1. The number of ether oxygens (including phenoxy) is 1. The van der Waals surface area contributed by atoms with Gasteiger partial charge in [0, 0.05) is 13.0 Å². The Morgan fingerprint density at radius 3 is 2.18 bits per heavy atom. The highest BCUT2D eigenvalue weighted by Crippen LogP contribution is 2.17. The summed E-state index contributed by atoms with van der Waals surface area (Å²) in [5, 5.41) is 18.7. The van der Waals surface area contributed by atoms with Crippen LogP contribution >= 0.6 is 0 Å². The number of carbonyl (C=O) groups is 2. The molecule has 0 bridgehead atoms. The molecule has 0 aliphatic rings. The van der Waals surface area contributed by atoms with Gasteiger partial charge in [0.15, 0.2) is 0 Å². The van der Waals surface area contributed by atoms with E-state index in [4.69, 9.17) is 4.74 Å². The Morgan fingerprint density at radius 1 is 1.23 bits per heavy atom. The maximum Gasteiger partial charge on any atom is 0.411 e. The molecule has 6 heteroatoms. The Bertz CT molecular complexity index is 518. The second kappa shape index (κ2) is 7.15. The van der Waals surface area contributed by atoms with Gasteiger partial charge in [-0.2, -0.15) is 0 Å². The largest absolute Gasteiger partial charge is 0.508 e. The summed E-state index contributed by atoms with van der Waals surface area (Å²) in [5.41, 5.74) is 0.0266. The van der Waals surface area contributed by atoms with Gasteiger partial charge in [-0.1, -0.05) is 12.1 Å². The minimum absolute atomic E-state index is 0.107. The number of carboxylic acids is 1. The first-order valence-corrected chi connectivity index (χ1v) is 7.14. The van der Waals surface area contributed by atoms with Crippen LogP contribution in [0.1, 0.15) is 33.3 Å². The van der Waals surface area contributed by atoms with E-state index >= 15 is 0 Å². The average Bonchev–Trinajstić information content (AvgIpc) is 2.38. The van der Waals surface area contributed by atoms with Crippen LogP contribution in [0.4, 0.5) is 4.79 Å². The van der Waals surface area contributed by atoms with Crippen molar-refractivity contribution in [3.63, 3.8) is 0 Å². The van der Waals surface area contributed by atoms with Crippen LogP contribution in [0.15, 0.2) is 24.3 Å². The smallest absolute Gasteiger partial charge is 0.411 e. The third-order valence-corrected chi connectivity index (χ3v) is 3.00.